The van der Waals surface area contributed by atoms with Crippen LogP contribution < -0.4 is 9.47 Å². The van der Waals surface area contributed by atoms with Gasteiger partial charge in [-0.2, -0.15) is 0 Å². The van der Waals surface area contributed by atoms with Crippen LogP contribution in [0, 0.1) is 5.92 Å². The highest BCUT2D eigenvalue weighted by molar-refractivity contribution is 7.10. The Morgan fingerprint density at radius 2 is 1.82 bits per heavy atom. The zero-order chi connectivity index (χ0) is 23.7. The van der Waals surface area contributed by atoms with Crippen molar-refractivity contribution in [1.82, 2.24) is 9.80 Å². The Bertz CT molecular complexity index is 1180. The number of amides is 2. The second-order valence-electron chi connectivity index (χ2n) is 8.77. The third-order valence-electron chi connectivity index (χ3n) is 6.75. The Labute approximate surface area is 203 Å². The molecule has 1 saturated heterocycles. The van der Waals surface area contributed by atoms with Crippen molar-refractivity contribution in [3.05, 3.63) is 81.5 Å². The Hall–Kier alpha value is -3.32. The summed E-state index contributed by atoms with van der Waals surface area (Å²) in [6.07, 6.45) is 0.996. The summed E-state index contributed by atoms with van der Waals surface area (Å²) < 4.78 is 11.1. The molecule has 0 unspecified atom stereocenters. The number of rotatable bonds is 6. The van der Waals surface area contributed by atoms with Crippen molar-refractivity contribution in [2.45, 2.75) is 25.4 Å². The molecule has 176 valence electrons. The zero-order valence-electron chi connectivity index (χ0n) is 19.4. The van der Waals surface area contributed by atoms with Gasteiger partial charge in [-0.1, -0.05) is 36.4 Å². The Kier molecular flexibility index (Phi) is 6.28. The molecule has 2 aliphatic heterocycles. The van der Waals surface area contributed by atoms with E-state index in [-0.39, 0.29) is 30.2 Å². The quantitative estimate of drug-likeness (QED) is 0.533. The second-order valence-corrected chi connectivity index (χ2v) is 9.75. The lowest BCUT2D eigenvalue weighted by Crippen LogP contribution is -2.44. The van der Waals surface area contributed by atoms with E-state index in [1.165, 1.54) is 0 Å². The summed E-state index contributed by atoms with van der Waals surface area (Å²) in [5.74, 6) is 1.10. The fourth-order valence-corrected chi connectivity index (χ4v) is 5.92. The van der Waals surface area contributed by atoms with Crippen molar-refractivity contribution in [3.8, 4) is 11.5 Å². The topological polar surface area (TPSA) is 59.1 Å². The van der Waals surface area contributed by atoms with Gasteiger partial charge in [-0.05, 0) is 46.7 Å². The van der Waals surface area contributed by atoms with Crippen molar-refractivity contribution in [2.75, 3.05) is 27.3 Å². The maximum absolute atomic E-state index is 13.8. The van der Waals surface area contributed by atoms with E-state index in [1.54, 1.807) is 25.6 Å². The summed E-state index contributed by atoms with van der Waals surface area (Å²) in [4.78, 5) is 31.5. The fraction of sp³-hybridized carbons (Fsp3) is 0.333. The first-order valence-electron chi connectivity index (χ1n) is 11.5. The molecule has 0 saturated carbocycles. The summed E-state index contributed by atoms with van der Waals surface area (Å²) in [5, 5.41) is 2.04. The van der Waals surface area contributed by atoms with Crippen molar-refractivity contribution in [1.29, 1.82) is 0 Å². The molecule has 3 heterocycles. The summed E-state index contributed by atoms with van der Waals surface area (Å²) in [6, 6.07) is 17.8. The monoisotopic (exact) mass is 476 g/mol. The standard InChI is InChI=1S/C27H28N2O4S/c1-32-22-13-19-10-11-29(26(24-9-6-12-34-24)21(19)15-23(22)33-2)27(31)20-14-25(30)28(17-20)16-18-7-4-3-5-8-18/h3-9,12-13,15,20,26H,10-11,14,16-17H2,1-2H3/t20-,26+/m1/s1. The molecule has 0 spiro atoms. The molecule has 7 heteroatoms. The predicted molar refractivity (Wildman–Crippen MR) is 131 cm³/mol. The highest BCUT2D eigenvalue weighted by Crippen LogP contribution is 2.43. The third kappa shape index (κ3) is 4.16. The first kappa shape index (κ1) is 22.5. The Morgan fingerprint density at radius 3 is 2.53 bits per heavy atom. The number of thiophene rings is 1. The number of fused-ring (bicyclic) bond motifs is 1. The van der Waals surface area contributed by atoms with Gasteiger partial charge in [-0.3, -0.25) is 9.59 Å². The van der Waals surface area contributed by atoms with E-state index >= 15 is 0 Å². The molecule has 34 heavy (non-hydrogen) atoms. The second kappa shape index (κ2) is 9.50. The van der Waals surface area contributed by atoms with Crippen LogP contribution in [0.1, 0.15) is 34.0 Å². The van der Waals surface area contributed by atoms with Crippen molar-refractivity contribution < 1.29 is 19.1 Å². The van der Waals surface area contributed by atoms with Gasteiger partial charge in [0.25, 0.3) is 0 Å². The zero-order valence-corrected chi connectivity index (χ0v) is 20.2. The largest absolute Gasteiger partial charge is 0.493 e. The van der Waals surface area contributed by atoms with Crippen molar-refractivity contribution in [2.24, 2.45) is 5.92 Å². The minimum Gasteiger partial charge on any atom is -0.493 e. The van der Waals surface area contributed by atoms with Gasteiger partial charge < -0.3 is 19.3 Å². The maximum atomic E-state index is 13.8. The van der Waals surface area contributed by atoms with Crippen molar-refractivity contribution >= 4 is 23.2 Å². The molecular weight excluding hydrogens is 448 g/mol. The number of methoxy groups -OCH3 is 2. The van der Waals surface area contributed by atoms with Gasteiger partial charge in [0.1, 0.15) is 0 Å². The van der Waals surface area contributed by atoms with Crippen LogP contribution in [0.2, 0.25) is 0 Å². The number of hydrogen-bond donors (Lipinski definition) is 0. The molecule has 2 aliphatic rings. The third-order valence-corrected chi connectivity index (χ3v) is 7.67. The first-order valence-corrected chi connectivity index (χ1v) is 12.4. The van der Waals surface area contributed by atoms with Crippen molar-refractivity contribution in [3.63, 3.8) is 0 Å². The molecule has 6 nitrogen and oxygen atoms in total. The van der Waals surface area contributed by atoms with E-state index < -0.39 is 0 Å². The number of carbonyl (C=O) groups excluding carboxylic acids is 2. The number of carbonyl (C=O) groups is 2. The van der Waals surface area contributed by atoms with Crippen LogP contribution in [0.15, 0.2) is 60.0 Å². The van der Waals surface area contributed by atoms with Crippen LogP contribution in [-0.4, -0.2) is 48.9 Å². The molecule has 0 radical (unpaired) electrons. The van der Waals surface area contributed by atoms with Gasteiger partial charge in [0, 0.05) is 30.9 Å². The smallest absolute Gasteiger partial charge is 0.228 e. The summed E-state index contributed by atoms with van der Waals surface area (Å²) in [7, 11) is 3.26. The maximum Gasteiger partial charge on any atom is 0.228 e. The summed E-state index contributed by atoms with van der Waals surface area (Å²) >= 11 is 1.64. The van der Waals surface area contributed by atoms with Gasteiger partial charge in [0.15, 0.2) is 11.5 Å². The minimum absolute atomic E-state index is 0.0405. The molecule has 3 aromatic rings. The van der Waals surface area contributed by atoms with Gasteiger partial charge in [0.05, 0.1) is 26.2 Å². The SMILES string of the molecule is COc1cc2c(cc1OC)[C@@H](c1cccs1)N(C(=O)[C@@H]1CC(=O)N(Cc3ccccc3)C1)CC2. The minimum atomic E-state index is -0.333. The number of benzene rings is 2. The van der Waals surface area contributed by atoms with E-state index in [9.17, 15) is 9.59 Å². The normalized spacial score (nSPS) is 19.8. The lowest BCUT2D eigenvalue weighted by molar-refractivity contribution is -0.137. The summed E-state index contributed by atoms with van der Waals surface area (Å²) in [6.45, 7) is 1.60. The van der Waals surface area contributed by atoms with Crippen LogP contribution in [0.3, 0.4) is 0 Å². The summed E-state index contributed by atoms with van der Waals surface area (Å²) in [5.41, 5.74) is 3.30. The van der Waals surface area contributed by atoms with E-state index in [4.69, 9.17) is 9.47 Å². The fourth-order valence-electron chi connectivity index (χ4n) is 5.07. The van der Waals surface area contributed by atoms with E-state index in [1.807, 2.05) is 63.7 Å². The lowest BCUT2D eigenvalue weighted by Gasteiger charge is -2.38. The highest BCUT2D eigenvalue weighted by atomic mass is 32.1. The number of likely N-dealkylation sites (tertiary alicyclic amines) is 1. The molecule has 1 fully saturated rings. The Balaban J connectivity index is 1.43. The first-order chi connectivity index (χ1) is 16.6. The van der Waals surface area contributed by atoms with Crippen LogP contribution >= 0.6 is 11.3 Å². The molecule has 5 rings (SSSR count). The molecular formula is C27H28N2O4S. The molecule has 2 aromatic carbocycles. The number of hydrogen-bond acceptors (Lipinski definition) is 5. The van der Waals surface area contributed by atoms with E-state index in [0.29, 0.717) is 31.1 Å². The Morgan fingerprint density at radius 1 is 1.06 bits per heavy atom. The van der Waals surface area contributed by atoms with E-state index in [2.05, 4.69) is 6.07 Å². The molecule has 0 aliphatic carbocycles. The highest BCUT2D eigenvalue weighted by Gasteiger charge is 2.41. The van der Waals surface area contributed by atoms with Gasteiger partial charge >= 0.3 is 0 Å². The molecule has 0 N–H and O–H groups in total. The van der Waals surface area contributed by atoms with Crippen LogP contribution in [0.25, 0.3) is 0 Å². The molecule has 0 bridgehead atoms. The predicted octanol–water partition coefficient (Wildman–Crippen LogP) is 4.29. The van der Waals surface area contributed by atoms with Crippen LogP contribution in [0.5, 0.6) is 11.5 Å². The van der Waals surface area contributed by atoms with Gasteiger partial charge in [0.2, 0.25) is 11.8 Å². The average molecular weight is 477 g/mol. The van der Waals surface area contributed by atoms with Crippen LogP contribution in [-0.2, 0) is 22.6 Å². The molecule has 2 amide bonds. The van der Waals surface area contributed by atoms with Crippen LogP contribution in [0.4, 0.5) is 0 Å². The number of nitrogens with zero attached hydrogens (tertiary/aromatic N) is 2. The average Bonchev–Trinajstić information content (AvgIpc) is 3.53. The molecule has 2 atom stereocenters. The molecule has 1 aromatic heterocycles. The lowest BCUT2D eigenvalue weighted by atomic mass is 9.89. The number of ether oxygens (including phenoxy) is 2. The van der Waals surface area contributed by atoms with Gasteiger partial charge in [-0.25, -0.2) is 0 Å². The van der Waals surface area contributed by atoms with E-state index in [0.717, 1.165) is 28.0 Å². The van der Waals surface area contributed by atoms with Gasteiger partial charge in [-0.15, -0.1) is 11.3 Å².